The number of alkyl halides is 1. The molecule has 0 spiro atoms. The molecule has 8 heteroatoms. The van der Waals surface area contributed by atoms with Gasteiger partial charge < -0.3 is 15.3 Å². The highest BCUT2D eigenvalue weighted by Gasteiger charge is 2.15. The molecule has 0 aromatic heterocycles. The Morgan fingerprint density at radius 1 is 1.64 bits per heavy atom. The van der Waals surface area contributed by atoms with Gasteiger partial charge >= 0.3 is 5.97 Å². The van der Waals surface area contributed by atoms with E-state index >= 15 is 0 Å². The smallest absolute Gasteiger partial charge is 0.363 e. The lowest BCUT2D eigenvalue weighted by molar-refractivity contribution is -0.132. The molecule has 0 aliphatic rings. The lowest BCUT2D eigenvalue weighted by Crippen LogP contribution is -2.31. The number of nitrogens with zero attached hydrogens (tertiary/aromatic N) is 1. The number of ether oxygens (including phenoxy) is 1. The molecule has 0 saturated carbocycles. The molecule has 0 atom stereocenters. The van der Waals surface area contributed by atoms with Gasteiger partial charge in [-0.2, -0.15) is 0 Å². The van der Waals surface area contributed by atoms with Crippen LogP contribution in [0.2, 0.25) is 0 Å². The van der Waals surface area contributed by atoms with Crippen LogP contribution in [0, 0.1) is 5.41 Å². The molecule has 0 bridgehead atoms. The molecule has 0 saturated heterocycles. The van der Waals surface area contributed by atoms with Crippen molar-refractivity contribution in [1.82, 2.24) is 0 Å². The fourth-order valence-electron chi connectivity index (χ4n) is 0.438. The number of carbonyl (C=O) groups is 1. The maximum Gasteiger partial charge on any atom is 0.363 e. The van der Waals surface area contributed by atoms with E-state index in [-0.39, 0.29) is 19.0 Å². The fraction of sp³-hybridized carbons (Fsp3) is 0.500. The van der Waals surface area contributed by atoms with E-state index in [0.29, 0.717) is 0 Å². The van der Waals surface area contributed by atoms with E-state index in [1.54, 1.807) is 0 Å². The summed E-state index contributed by atoms with van der Waals surface area (Å²) in [5.41, 5.74) is 4.50. The number of amidine groups is 1. The van der Waals surface area contributed by atoms with E-state index in [2.05, 4.69) is 14.7 Å². The molecule has 14 heavy (non-hydrogen) atoms. The van der Waals surface area contributed by atoms with Crippen LogP contribution < -0.4 is 5.73 Å². The van der Waals surface area contributed by atoms with E-state index < -0.39 is 24.2 Å². The van der Waals surface area contributed by atoms with E-state index in [1.165, 1.54) is 0 Å². The lowest BCUT2D eigenvalue weighted by atomic mass is 10.3. The van der Waals surface area contributed by atoms with Crippen LogP contribution in [0.4, 0.5) is 4.39 Å². The van der Waals surface area contributed by atoms with Gasteiger partial charge in [0, 0.05) is 0 Å². The quantitative estimate of drug-likeness (QED) is 0.225. The number of nitrogens with one attached hydrogen (secondary N) is 1. The number of esters is 1. The number of hydrogen-bond donors (Lipinski definition) is 2. The molecule has 0 fully saturated rings. The summed E-state index contributed by atoms with van der Waals surface area (Å²) in [7, 11) is 1.11. The summed E-state index contributed by atoms with van der Waals surface area (Å²) in [6.45, 7) is -1.04. The molecule has 3 N–H and O–H groups in total. The molecule has 0 radical (unpaired) electrons. The topological polar surface area (TPSA) is 97.8 Å². The predicted molar refractivity (Wildman–Crippen MR) is 50.5 cm³/mol. The molecule has 6 nitrogen and oxygen atoms in total. The summed E-state index contributed by atoms with van der Waals surface area (Å²) in [5, 5.41) is 10.0. The summed E-state index contributed by atoms with van der Waals surface area (Å²) in [6, 6.07) is 0. The summed E-state index contributed by atoms with van der Waals surface area (Å²) in [4.78, 5) is 15.1. The van der Waals surface area contributed by atoms with Crippen molar-refractivity contribution >= 4 is 29.9 Å². The van der Waals surface area contributed by atoms with Crippen molar-refractivity contribution in [1.29, 1.82) is 5.41 Å². The maximum atomic E-state index is 11.5. The summed E-state index contributed by atoms with van der Waals surface area (Å²) in [6.07, 6.45) is 0. The highest BCUT2D eigenvalue weighted by atomic mass is 35.5. The van der Waals surface area contributed by atoms with E-state index in [4.69, 9.17) is 11.1 Å². The number of methoxy groups -OCH3 is 1. The zero-order chi connectivity index (χ0) is 10.3. The van der Waals surface area contributed by atoms with Crippen LogP contribution in [0.5, 0.6) is 0 Å². The second-order valence-corrected chi connectivity index (χ2v) is 1.87. The van der Waals surface area contributed by atoms with Crippen molar-refractivity contribution in [2.75, 3.05) is 20.4 Å². The van der Waals surface area contributed by atoms with Crippen LogP contribution in [0.15, 0.2) is 5.16 Å². The minimum absolute atomic E-state index is 0. The van der Waals surface area contributed by atoms with Crippen molar-refractivity contribution in [2.24, 2.45) is 10.9 Å². The Bertz CT molecular complexity index is 234. The molecule has 0 unspecified atom stereocenters. The van der Waals surface area contributed by atoms with Crippen molar-refractivity contribution in [3.05, 3.63) is 0 Å². The first-order chi connectivity index (χ1) is 6.13. The molecule has 82 valence electrons. The predicted octanol–water partition coefficient (Wildman–Crippen LogP) is -0.141. The average molecular weight is 228 g/mol. The molecule has 0 heterocycles. The first kappa shape index (κ1) is 15.1. The Hall–Kier alpha value is -1.37. The molecular formula is C6H11ClFN3O3. The summed E-state index contributed by atoms with van der Waals surface area (Å²) in [5.74, 6) is -1.49. The minimum atomic E-state index is -0.897. The third kappa shape index (κ3) is 5.31. The van der Waals surface area contributed by atoms with E-state index in [9.17, 15) is 9.18 Å². The Balaban J connectivity index is 0. The van der Waals surface area contributed by atoms with E-state index in [0.717, 1.165) is 7.11 Å². The zero-order valence-electron chi connectivity index (χ0n) is 7.45. The van der Waals surface area contributed by atoms with Crippen LogP contribution in [0.3, 0.4) is 0 Å². The SMILES string of the molecule is COC(=O)/C(=N\OCCF)C(=N)N.Cl. The largest absolute Gasteiger partial charge is 0.464 e. The first-order valence-electron chi connectivity index (χ1n) is 3.32. The Labute approximate surface area is 86.1 Å². The van der Waals surface area contributed by atoms with Gasteiger partial charge in [0.05, 0.1) is 7.11 Å². The van der Waals surface area contributed by atoms with Gasteiger partial charge in [0.2, 0.25) is 5.71 Å². The molecular weight excluding hydrogens is 217 g/mol. The van der Waals surface area contributed by atoms with Crippen LogP contribution in [0.25, 0.3) is 0 Å². The van der Waals surface area contributed by atoms with Gasteiger partial charge in [-0.3, -0.25) is 5.41 Å². The minimum Gasteiger partial charge on any atom is -0.464 e. The van der Waals surface area contributed by atoms with Crippen molar-refractivity contribution in [3.63, 3.8) is 0 Å². The fourth-order valence-corrected chi connectivity index (χ4v) is 0.438. The molecule has 0 rings (SSSR count). The highest BCUT2D eigenvalue weighted by molar-refractivity contribution is 6.64. The second-order valence-electron chi connectivity index (χ2n) is 1.87. The Kier molecular flexibility index (Phi) is 8.90. The number of oxime groups is 1. The van der Waals surface area contributed by atoms with Crippen molar-refractivity contribution < 1.29 is 18.8 Å². The number of hydrogen-bond acceptors (Lipinski definition) is 5. The van der Waals surface area contributed by atoms with Gasteiger partial charge in [-0.25, -0.2) is 9.18 Å². The number of rotatable bonds is 5. The molecule has 0 aromatic carbocycles. The third-order valence-corrected chi connectivity index (χ3v) is 0.958. The third-order valence-electron chi connectivity index (χ3n) is 0.958. The van der Waals surface area contributed by atoms with Crippen LogP contribution in [-0.2, 0) is 14.4 Å². The van der Waals surface area contributed by atoms with Gasteiger partial charge in [0.1, 0.15) is 13.3 Å². The summed E-state index contributed by atoms with van der Waals surface area (Å²) >= 11 is 0. The summed E-state index contributed by atoms with van der Waals surface area (Å²) < 4.78 is 15.8. The Morgan fingerprint density at radius 2 is 2.21 bits per heavy atom. The van der Waals surface area contributed by atoms with Crippen LogP contribution >= 0.6 is 12.4 Å². The highest BCUT2D eigenvalue weighted by Crippen LogP contribution is 1.86. The first-order valence-corrected chi connectivity index (χ1v) is 3.32. The van der Waals surface area contributed by atoms with Gasteiger partial charge in [0.15, 0.2) is 5.84 Å². The molecule has 0 aliphatic heterocycles. The number of halogens is 2. The maximum absolute atomic E-state index is 11.5. The van der Waals surface area contributed by atoms with E-state index in [1.807, 2.05) is 0 Å². The van der Waals surface area contributed by atoms with Crippen molar-refractivity contribution in [2.45, 2.75) is 0 Å². The van der Waals surface area contributed by atoms with Gasteiger partial charge in [-0.15, -0.1) is 12.4 Å². The van der Waals surface area contributed by atoms with Crippen LogP contribution in [0.1, 0.15) is 0 Å². The number of nitrogens with two attached hydrogens (primary N) is 1. The molecule has 0 amide bonds. The number of carbonyl (C=O) groups excluding carboxylic acids is 1. The Morgan fingerprint density at radius 3 is 2.57 bits per heavy atom. The van der Waals surface area contributed by atoms with Gasteiger partial charge in [-0.05, 0) is 0 Å². The van der Waals surface area contributed by atoms with Gasteiger partial charge in [0.25, 0.3) is 0 Å². The van der Waals surface area contributed by atoms with Crippen LogP contribution in [-0.4, -0.2) is 37.9 Å². The van der Waals surface area contributed by atoms with Crippen molar-refractivity contribution in [3.8, 4) is 0 Å². The second kappa shape index (κ2) is 8.24. The molecule has 0 aromatic rings. The normalized spacial score (nSPS) is 10.0. The lowest BCUT2D eigenvalue weighted by Gasteiger charge is -2.01. The van der Waals surface area contributed by atoms with Gasteiger partial charge in [-0.1, -0.05) is 5.16 Å². The molecule has 0 aliphatic carbocycles. The monoisotopic (exact) mass is 227 g/mol. The average Bonchev–Trinajstić information content (AvgIpc) is 2.11. The zero-order valence-corrected chi connectivity index (χ0v) is 8.27. The standard InChI is InChI=1S/C6H10FN3O3.ClH/c1-12-6(11)4(5(8)9)10-13-3-2-7;/h2-3H2,1H3,(H3,8,9);1H/b10-4-;.